The van der Waals surface area contributed by atoms with Crippen molar-refractivity contribution in [3.8, 4) is 0 Å². The lowest BCUT2D eigenvalue weighted by Gasteiger charge is -2.21. The molecule has 0 unspecified atom stereocenters. The Bertz CT molecular complexity index is 794. The average molecular weight is 282 g/mol. The molecular weight excluding hydrogens is 267 g/mol. The Hall–Kier alpha value is -2.62. The molecular formula is C17H15FN2O. The van der Waals surface area contributed by atoms with E-state index in [2.05, 4.69) is 4.98 Å². The van der Waals surface area contributed by atoms with Gasteiger partial charge < -0.3 is 9.88 Å². The van der Waals surface area contributed by atoms with Crippen LogP contribution in [0.4, 0.5) is 10.1 Å². The third-order valence-electron chi connectivity index (χ3n) is 3.48. The summed E-state index contributed by atoms with van der Waals surface area (Å²) in [5.41, 5.74) is 2.14. The van der Waals surface area contributed by atoms with Crippen molar-refractivity contribution in [3.05, 3.63) is 66.1 Å². The van der Waals surface area contributed by atoms with Crippen LogP contribution in [0.3, 0.4) is 0 Å². The molecule has 2 aromatic carbocycles. The van der Waals surface area contributed by atoms with Gasteiger partial charge in [-0.15, -0.1) is 0 Å². The number of benzene rings is 2. The Kier molecular flexibility index (Phi) is 3.44. The summed E-state index contributed by atoms with van der Waals surface area (Å²) in [5.74, 6) is -0.481. The zero-order valence-electron chi connectivity index (χ0n) is 11.6. The van der Waals surface area contributed by atoms with Crippen molar-refractivity contribution in [2.45, 2.75) is 6.92 Å². The second-order valence-corrected chi connectivity index (χ2v) is 4.81. The molecule has 21 heavy (non-hydrogen) atoms. The molecule has 0 aliphatic carbocycles. The summed E-state index contributed by atoms with van der Waals surface area (Å²) < 4.78 is 13.4. The lowest BCUT2D eigenvalue weighted by atomic mass is 10.1. The molecule has 1 aromatic heterocycles. The molecule has 106 valence electrons. The molecule has 0 atom stereocenters. The van der Waals surface area contributed by atoms with Crippen LogP contribution in [0.25, 0.3) is 10.9 Å². The predicted molar refractivity (Wildman–Crippen MR) is 82.0 cm³/mol. The number of aromatic nitrogens is 1. The van der Waals surface area contributed by atoms with E-state index in [0.717, 1.165) is 10.9 Å². The largest absolute Gasteiger partial charge is 0.361 e. The number of anilines is 1. The molecule has 0 saturated heterocycles. The minimum Gasteiger partial charge on any atom is -0.361 e. The van der Waals surface area contributed by atoms with Crippen molar-refractivity contribution in [1.29, 1.82) is 0 Å². The molecule has 3 nitrogen and oxygen atoms in total. The van der Waals surface area contributed by atoms with E-state index in [1.54, 1.807) is 23.1 Å². The first kappa shape index (κ1) is 13.4. The van der Waals surface area contributed by atoms with E-state index in [-0.39, 0.29) is 11.7 Å². The standard InChI is InChI=1S/C17H15FN2O/c1-2-20(15-5-3-4-14(18)11-15)17(21)13-6-7-16-12(10-13)8-9-19-16/h3-11,19H,2H2,1H3. The molecule has 1 N–H and O–H groups in total. The Labute approximate surface area is 122 Å². The van der Waals surface area contributed by atoms with E-state index in [4.69, 9.17) is 0 Å². The molecule has 3 rings (SSSR count). The van der Waals surface area contributed by atoms with Crippen molar-refractivity contribution in [2.24, 2.45) is 0 Å². The topological polar surface area (TPSA) is 36.1 Å². The fourth-order valence-corrected chi connectivity index (χ4v) is 2.43. The number of hydrogen-bond donors (Lipinski definition) is 1. The molecule has 0 bridgehead atoms. The molecule has 0 aliphatic rings. The first-order valence-corrected chi connectivity index (χ1v) is 6.83. The second-order valence-electron chi connectivity index (χ2n) is 4.81. The molecule has 4 heteroatoms. The van der Waals surface area contributed by atoms with Crippen molar-refractivity contribution in [1.82, 2.24) is 4.98 Å². The molecule has 3 aromatic rings. The monoisotopic (exact) mass is 282 g/mol. The molecule has 0 radical (unpaired) electrons. The van der Waals surface area contributed by atoms with Gasteiger partial charge in [0.2, 0.25) is 0 Å². The van der Waals surface area contributed by atoms with Gasteiger partial charge in [-0.25, -0.2) is 4.39 Å². The van der Waals surface area contributed by atoms with E-state index < -0.39 is 0 Å². The van der Waals surface area contributed by atoms with E-state index in [1.807, 2.05) is 31.3 Å². The maximum absolute atomic E-state index is 13.4. The summed E-state index contributed by atoms with van der Waals surface area (Å²) in [5, 5.41) is 0.983. The van der Waals surface area contributed by atoms with Crippen molar-refractivity contribution in [2.75, 3.05) is 11.4 Å². The average Bonchev–Trinajstić information content (AvgIpc) is 2.95. The van der Waals surface area contributed by atoms with Crippen molar-refractivity contribution >= 4 is 22.5 Å². The first-order chi connectivity index (χ1) is 10.2. The summed E-state index contributed by atoms with van der Waals surface area (Å²) in [6.45, 7) is 2.35. The van der Waals surface area contributed by atoms with Gasteiger partial charge in [-0.2, -0.15) is 0 Å². The quantitative estimate of drug-likeness (QED) is 0.775. The van der Waals surface area contributed by atoms with Gasteiger partial charge in [-0.1, -0.05) is 6.07 Å². The zero-order chi connectivity index (χ0) is 14.8. The highest BCUT2D eigenvalue weighted by Gasteiger charge is 2.16. The highest BCUT2D eigenvalue weighted by molar-refractivity contribution is 6.07. The second kappa shape index (κ2) is 5.40. The summed E-state index contributed by atoms with van der Waals surface area (Å²) in [6.07, 6.45) is 1.84. The smallest absolute Gasteiger partial charge is 0.258 e. The highest BCUT2D eigenvalue weighted by Crippen LogP contribution is 2.20. The lowest BCUT2D eigenvalue weighted by Crippen LogP contribution is -2.30. The molecule has 1 amide bonds. The van der Waals surface area contributed by atoms with E-state index in [0.29, 0.717) is 17.8 Å². The molecule has 0 aliphatic heterocycles. The molecule has 0 spiro atoms. The number of aromatic amines is 1. The number of carbonyl (C=O) groups excluding carboxylic acids is 1. The van der Waals surface area contributed by atoms with Gasteiger partial charge in [0, 0.05) is 34.9 Å². The van der Waals surface area contributed by atoms with Crippen LogP contribution in [-0.4, -0.2) is 17.4 Å². The van der Waals surface area contributed by atoms with Gasteiger partial charge in [0.25, 0.3) is 5.91 Å². The number of rotatable bonds is 3. The van der Waals surface area contributed by atoms with Gasteiger partial charge in [-0.3, -0.25) is 4.79 Å². The third kappa shape index (κ3) is 2.52. The Morgan fingerprint density at radius 1 is 1.19 bits per heavy atom. The highest BCUT2D eigenvalue weighted by atomic mass is 19.1. The summed E-state index contributed by atoms with van der Waals surface area (Å²) in [4.78, 5) is 17.3. The lowest BCUT2D eigenvalue weighted by molar-refractivity contribution is 0.0988. The number of amides is 1. The molecule has 0 saturated carbocycles. The molecule has 1 heterocycles. The third-order valence-corrected chi connectivity index (χ3v) is 3.48. The number of nitrogens with one attached hydrogen (secondary N) is 1. The summed E-state index contributed by atoms with van der Waals surface area (Å²) in [7, 11) is 0. The van der Waals surface area contributed by atoms with E-state index >= 15 is 0 Å². The predicted octanol–water partition coefficient (Wildman–Crippen LogP) is 3.97. The first-order valence-electron chi connectivity index (χ1n) is 6.83. The van der Waals surface area contributed by atoms with Gasteiger partial charge in [0.05, 0.1) is 0 Å². The summed E-state index contributed by atoms with van der Waals surface area (Å²) >= 11 is 0. The number of carbonyl (C=O) groups is 1. The van der Waals surface area contributed by atoms with Gasteiger partial charge in [0.15, 0.2) is 0 Å². The Morgan fingerprint density at radius 3 is 2.81 bits per heavy atom. The van der Waals surface area contributed by atoms with Crippen molar-refractivity contribution < 1.29 is 9.18 Å². The normalized spacial score (nSPS) is 10.8. The molecule has 0 fully saturated rings. The Balaban J connectivity index is 1.98. The fraction of sp³-hybridized carbons (Fsp3) is 0.118. The van der Waals surface area contributed by atoms with Crippen molar-refractivity contribution in [3.63, 3.8) is 0 Å². The van der Waals surface area contributed by atoms with Crippen LogP contribution in [0.2, 0.25) is 0 Å². The number of halogens is 1. The SMILES string of the molecule is CCN(C(=O)c1ccc2[nH]ccc2c1)c1cccc(F)c1. The van der Waals surface area contributed by atoms with Crippen LogP contribution in [0.5, 0.6) is 0 Å². The van der Waals surface area contributed by atoms with Crippen LogP contribution < -0.4 is 4.90 Å². The van der Waals surface area contributed by atoms with Crippen LogP contribution in [0.15, 0.2) is 54.7 Å². The van der Waals surface area contributed by atoms with E-state index in [9.17, 15) is 9.18 Å². The number of hydrogen-bond acceptors (Lipinski definition) is 1. The van der Waals surface area contributed by atoms with Crippen LogP contribution in [-0.2, 0) is 0 Å². The summed E-state index contributed by atoms with van der Waals surface area (Å²) in [6, 6.07) is 13.5. The van der Waals surface area contributed by atoms with Crippen LogP contribution >= 0.6 is 0 Å². The minimum atomic E-state index is -0.347. The number of fused-ring (bicyclic) bond motifs is 1. The van der Waals surface area contributed by atoms with Gasteiger partial charge >= 0.3 is 0 Å². The number of nitrogens with zero attached hydrogens (tertiary/aromatic N) is 1. The number of H-pyrrole nitrogens is 1. The van der Waals surface area contributed by atoms with Crippen LogP contribution in [0, 0.1) is 5.82 Å². The van der Waals surface area contributed by atoms with E-state index in [1.165, 1.54) is 12.1 Å². The maximum atomic E-state index is 13.4. The minimum absolute atomic E-state index is 0.133. The van der Waals surface area contributed by atoms with Crippen LogP contribution in [0.1, 0.15) is 17.3 Å². The maximum Gasteiger partial charge on any atom is 0.258 e. The fourth-order valence-electron chi connectivity index (χ4n) is 2.43. The van der Waals surface area contributed by atoms with Gasteiger partial charge in [0.1, 0.15) is 5.82 Å². The zero-order valence-corrected chi connectivity index (χ0v) is 11.6. The van der Waals surface area contributed by atoms with Gasteiger partial charge in [-0.05, 0) is 49.4 Å². The Morgan fingerprint density at radius 2 is 2.05 bits per heavy atom.